The highest BCUT2D eigenvalue weighted by molar-refractivity contribution is 7.88. The first-order chi connectivity index (χ1) is 14.9. The van der Waals surface area contributed by atoms with E-state index in [4.69, 9.17) is 4.74 Å². The van der Waals surface area contributed by atoms with Crippen molar-refractivity contribution in [1.82, 2.24) is 19.6 Å². The normalized spacial score (nSPS) is 24.0. The third kappa shape index (κ3) is 4.90. The van der Waals surface area contributed by atoms with E-state index in [9.17, 15) is 8.42 Å². The van der Waals surface area contributed by atoms with Gasteiger partial charge in [0, 0.05) is 30.9 Å². The minimum absolute atomic E-state index is 0.0814. The molecule has 3 aromatic rings. The summed E-state index contributed by atoms with van der Waals surface area (Å²) in [5.74, 6) is 0.774. The Bertz CT molecular complexity index is 1120. The molecular weight excluding hydrogens is 432 g/mol. The Balaban J connectivity index is 1.16. The summed E-state index contributed by atoms with van der Waals surface area (Å²) in [7, 11) is -3.14. The van der Waals surface area contributed by atoms with Crippen molar-refractivity contribution in [2.75, 3.05) is 12.8 Å². The monoisotopic (exact) mass is 458 g/mol. The van der Waals surface area contributed by atoms with Crippen molar-refractivity contribution in [1.29, 1.82) is 0 Å². The molecule has 5 rings (SSSR count). The van der Waals surface area contributed by atoms with Gasteiger partial charge in [0.2, 0.25) is 10.0 Å². The molecule has 2 unspecified atom stereocenters. The molecule has 7 nitrogen and oxygen atoms in total. The topological polar surface area (TPSA) is 84.4 Å². The van der Waals surface area contributed by atoms with Gasteiger partial charge in [0.15, 0.2) is 0 Å². The Labute approximate surface area is 186 Å². The molecule has 2 fully saturated rings. The van der Waals surface area contributed by atoms with Gasteiger partial charge in [-0.05, 0) is 61.9 Å². The Morgan fingerprint density at radius 3 is 2.58 bits per heavy atom. The summed E-state index contributed by atoms with van der Waals surface area (Å²) in [5.41, 5.74) is 2.12. The summed E-state index contributed by atoms with van der Waals surface area (Å²) in [6.45, 7) is 1.00. The predicted molar refractivity (Wildman–Crippen MR) is 122 cm³/mol. The first-order valence-corrected chi connectivity index (χ1v) is 13.4. The Kier molecular flexibility index (Phi) is 5.68. The molecule has 1 N–H and O–H groups in total. The van der Waals surface area contributed by atoms with Crippen LogP contribution in [0.5, 0.6) is 10.9 Å². The largest absolute Gasteiger partial charge is 0.431 e. The van der Waals surface area contributed by atoms with Gasteiger partial charge in [0.25, 0.3) is 5.19 Å². The fraction of sp³-hybridized carbons (Fsp3) is 0.455. The maximum absolute atomic E-state index is 11.6. The number of hydrogen-bond acceptors (Lipinski definition) is 7. The highest BCUT2D eigenvalue weighted by Crippen LogP contribution is 2.36. The molecule has 2 aromatic heterocycles. The average molecular weight is 459 g/mol. The van der Waals surface area contributed by atoms with Gasteiger partial charge in [-0.15, -0.1) is 0 Å². The highest BCUT2D eigenvalue weighted by Gasteiger charge is 2.40. The van der Waals surface area contributed by atoms with Crippen molar-refractivity contribution in [2.24, 2.45) is 0 Å². The van der Waals surface area contributed by atoms with E-state index in [0.717, 1.165) is 54.7 Å². The molecule has 3 atom stereocenters. The van der Waals surface area contributed by atoms with Crippen LogP contribution >= 0.6 is 11.3 Å². The number of pyridine rings is 1. The van der Waals surface area contributed by atoms with Gasteiger partial charge >= 0.3 is 0 Å². The van der Waals surface area contributed by atoms with E-state index in [1.807, 2.05) is 24.3 Å². The minimum Gasteiger partial charge on any atom is -0.431 e. The summed E-state index contributed by atoms with van der Waals surface area (Å²) in [4.78, 5) is 12.2. The molecule has 1 aromatic carbocycles. The number of nitrogens with zero attached hydrogens (tertiary/aromatic N) is 3. The lowest BCUT2D eigenvalue weighted by Crippen LogP contribution is -2.50. The summed E-state index contributed by atoms with van der Waals surface area (Å²) in [5, 5.41) is 0.601. The predicted octanol–water partition coefficient (Wildman–Crippen LogP) is 3.57. The molecule has 0 radical (unpaired) electrons. The van der Waals surface area contributed by atoms with Crippen LogP contribution in [0.3, 0.4) is 0 Å². The van der Waals surface area contributed by atoms with Crippen LogP contribution in [0, 0.1) is 0 Å². The molecule has 2 saturated heterocycles. The smallest absolute Gasteiger partial charge is 0.281 e. The lowest BCUT2D eigenvalue weighted by Gasteiger charge is -2.39. The summed E-state index contributed by atoms with van der Waals surface area (Å²) in [6.07, 6.45) is 8.13. The number of nitrogens with one attached hydrogen (secondary N) is 1. The molecule has 0 aliphatic carbocycles. The van der Waals surface area contributed by atoms with Gasteiger partial charge in [-0.1, -0.05) is 23.5 Å². The zero-order valence-electron chi connectivity index (χ0n) is 17.4. The molecule has 164 valence electrons. The first kappa shape index (κ1) is 20.8. The number of rotatable bonds is 7. The van der Waals surface area contributed by atoms with Crippen LogP contribution in [0.25, 0.3) is 10.3 Å². The number of ether oxygens (including phenoxy) is 1. The number of aromatic nitrogens is 2. The fourth-order valence-corrected chi connectivity index (χ4v) is 6.49. The molecule has 2 aliphatic rings. The van der Waals surface area contributed by atoms with E-state index in [0.29, 0.717) is 17.3 Å². The van der Waals surface area contributed by atoms with Gasteiger partial charge in [-0.2, -0.15) is 0 Å². The SMILES string of the molecule is CS(=O)(=O)NC1CC2CC[C@H](C1)N2CCc1ccc(Oc2nc3cccnc3s2)cc1. The van der Waals surface area contributed by atoms with Gasteiger partial charge in [0.05, 0.1) is 6.26 Å². The van der Waals surface area contributed by atoms with Gasteiger partial charge in [-0.3, -0.25) is 4.90 Å². The molecule has 4 heterocycles. The lowest BCUT2D eigenvalue weighted by atomic mass is 9.97. The zero-order chi connectivity index (χ0) is 21.4. The number of hydrogen-bond donors (Lipinski definition) is 1. The Morgan fingerprint density at radius 1 is 1.16 bits per heavy atom. The summed E-state index contributed by atoms with van der Waals surface area (Å²) in [6, 6.07) is 13.1. The minimum atomic E-state index is -3.14. The second-order valence-corrected chi connectivity index (χ2v) is 11.2. The maximum Gasteiger partial charge on any atom is 0.281 e. The van der Waals surface area contributed by atoms with Crippen molar-refractivity contribution in [3.63, 3.8) is 0 Å². The van der Waals surface area contributed by atoms with Gasteiger partial charge < -0.3 is 4.74 Å². The average Bonchev–Trinajstić information content (AvgIpc) is 3.23. The van der Waals surface area contributed by atoms with Crippen molar-refractivity contribution in [3.05, 3.63) is 48.2 Å². The lowest BCUT2D eigenvalue weighted by molar-refractivity contribution is 0.125. The van der Waals surface area contributed by atoms with Crippen LogP contribution in [-0.4, -0.2) is 54.2 Å². The standard InChI is InChI=1S/C22H26N4O3S2/c1-31(27,28)25-16-13-17-6-7-18(14-16)26(17)12-10-15-4-8-19(9-5-15)29-22-24-20-3-2-11-23-21(20)30-22/h2-5,8-9,11,16-18,25H,6-7,10,12-14H2,1H3/t16?,17-,18?/m1/s1. The van der Waals surface area contributed by atoms with Crippen LogP contribution < -0.4 is 9.46 Å². The second kappa shape index (κ2) is 8.46. The number of benzene rings is 1. The molecule has 9 heteroatoms. The van der Waals surface area contributed by atoms with Crippen LogP contribution in [0.2, 0.25) is 0 Å². The zero-order valence-corrected chi connectivity index (χ0v) is 19.0. The third-order valence-corrected chi connectivity index (χ3v) is 7.82. The maximum atomic E-state index is 11.6. The highest BCUT2D eigenvalue weighted by atomic mass is 32.2. The van der Waals surface area contributed by atoms with Crippen molar-refractivity contribution < 1.29 is 13.2 Å². The van der Waals surface area contributed by atoms with E-state index in [1.165, 1.54) is 23.2 Å². The van der Waals surface area contributed by atoms with E-state index < -0.39 is 10.0 Å². The summed E-state index contributed by atoms with van der Waals surface area (Å²) >= 11 is 1.44. The number of fused-ring (bicyclic) bond motifs is 3. The fourth-order valence-electron chi connectivity index (χ4n) is 4.92. The van der Waals surface area contributed by atoms with Crippen LogP contribution in [0.15, 0.2) is 42.6 Å². The Hall–Kier alpha value is -2.07. The second-order valence-electron chi connectivity index (χ2n) is 8.48. The molecule has 31 heavy (non-hydrogen) atoms. The van der Waals surface area contributed by atoms with Gasteiger partial charge in [0.1, 0.15) is 16.1 Å². The van der Waals surface area contributed by atoms with E-state index >= 15 is 0 Å². The van der Waals surface area contributed by atoms with E-state index in [-0.39, 0.29) is 6.04 Å². The van der Waals surface area contributed by atoms with Gasteiger partial charge in [-0.25, -0.2) is 23.1 Å². The molecule has 2 bridgehead atoms. The van der Waals surface area contributed by atoms with Crippen LogP contribution in [0.1, 0.15) is 31.2 Å². The number of thiazole rings is 1. The van der Waals surface area contributed by atoms with Crippen molar-refractivity contribution in [2.45, 2.75) is 50.2 Å². The quantitative estimate of drug-likeness (QED) is 0.583. The molecule has 2 aliphatic heterocycles. The van der Waals surface area contributed by atoms with E-state index in [2.05, 4.69) is 31.7 Å². The van der Waals surface area contributed by atoms with Crippen LogP contribution in [-0.2, 0) is 16.4 Å². The number of sulfonamides is 1. The molecular formula is C22H26N4O3S2. The Morgan fingerprint density at radius 2 is 1.90 bits per heavy atom. The molecule has 0 saturated carbocycles. The first-order valence-electron chi connectivity index (χ1n) is 10.6. The van der Waals surface area contributed by atoms with E-state index in [1.54, 1.807) is 6.20 Å². The van der Waals surface area contributed by atoms with Crippen molar-refractivity contribution in [3.8, 4) is 10.9 Å². The van der Waals surface area contributed by atoms with Crippen LogP contribution in [0.4, 0.5) is 0 Å². The van der Waals surface area contributed by atoms with Crippen molar-refractivity contribution >= 4 is 31.7 Å². The molecule has 0 spiro atoms. The molecule has 0 amide bonds. The number of piperidine rings is 1. The third-order valence-electron chi connectivity index (χ3n) is 6.20. The summed E-state index contributed by atoms with van der Waals surface area (Å²) < 4.78 is 31.9.